The predicted octanol–water partition coefficient (Wildman–Crippen LogP) is 3.33. The molecule has 0 aromatic heterocycles. The molecule has 0 atom stereocenters. The van der Waals surface area contributed by atoms with Gasteiger partial charge in [-0.15, -0.1) is 0 Å². The van der Waals surface area contributed by atoms with Crippen LogP contribution >= 0.6 is 0 Å². The summed E-state index contributed by atoms with van der Waals surface area (Å²) >= 11 is 0. The lowest BCUT2D eigenvalue weighted by molar-refractivity contribution is 0.195. The highest BCUT2D eigenvalue weighted by Gasteiger charge is 2.42. The van der Waals surface area contributed by atoms with E-state index in [9.17, 15) is 0 Å². The molecule has 0 heterocycles. The average molecular weight is 342 g/mol. The molecule has 2 aromatic carbocycles. The van der Waals surface area contributed by atoms with Gasteiger partial charge in [-0.1, -0.05) is 42.5 Å². The highest BCUT2D eigenvalue weighted by atomic mass is 28.4. The molecule has 1 aliphatic carbocycles. The zero-order valence-corrected chi connectivity index (χ0v) is 15.7. The third-order valence-electron chi connectivity index (χ3n) is 4.73. The van der Waals surface area contributed by atoms with Gasteiger partial charge in [-0.05, 0) is 66.7 Å². The lowest BCUT2D eigenvalue weighted by Gasteiger charge is -2.32. The maximum Gasteiger partial charge on any atom is 0.372 e. The third-order valence-corrected chi connectivity index (χ3v) is 8.54. The second-order valence-corrected chi connectivity index (χ2v) is 9.30. The summed E-state index contributed by atoms with van der Waals surface area (Å²) in [5.74, 6) is 0. The number of benzene rings is 2. The quantitative estimate of drug-likeness (QED) is 0.639. The fourth-order valence-electron chi connectivity index (χ4n) is 3.79. The van der Waals surface area contributed by atoms with Crippen molar-refractivity contribution in [1.82, 2.24) is 0 Å². The Morgan fingerprint density at radius 3 is 2.38 bits per heavy atom. The van der Waals surface area contributed by atoms with Gasteiger partial charge < -0.3 is 14.6 Å². The van der Waals surface area contributed by atoms with Gasteiger partial charge in [0.25, 0.3) is 0 Å². The lowest BCUT2D eigenvalue weighted by Crippen LogP contribution is -2.55. The van der Waals surface area contributed by atoms with Crippen molar-refractivity contribution >= 4 is 13.7 Å². The fraction of sp³-hybridized carbons (Fsp3) is 0.400. The Balaban J connectivity index is 2.09. The van der Waals surface area contributed by atoms with Gasteiger partial charge in [0, 0.05) is 13.2 Å². The molecule has 0 amide bonds. The molecule has 0 saturated carbocycles. The molecule has 0 bridgehead atoms. The number of hydrogen-bond donors (Lipinski definition) is 1. The molecular formula is C20H27NO2Si. The summed E-state index contributed by atoms with van der Waals surface area (Å²) in [6, 6.07) is 16.2. The van der Waals surface area contributed by atoms with Gasteiger partial charge in [-0.3, -0.25) is 0 Å². The van der Waals surface area contributed by atoms with Gasteiger partial charge in [-0.25, -0.2) is 0 Å². The summed E-state index contributed by atoms with van der Waals surface area (Å²) in [6.07, 6.45) is 1.90. The van der Waals surface area contributed by atoms with E-state index < -0.39 is 8.56 Å². The van der Waals surface area contributed by atoms with E-state index in [1.165, 1.54) is 27.4 Å². The molecule has 0 unspecified atom stereocenters. The van der Waals surface area contributed by atoms with E-state index in [0.717, 1.165) is 18.9 Å². The molecule has 2 N–H and O–H groups in total. The van der Waals surface area contributed by atoms with Crippen LogP contribution < -0.4 is 10.9 Å². The maximum atomic E-state index is 6.34. The van der Waals surface area contributed by atoms with E-state index in [1.807, 2.05) is 0 Å². The van der Waals surface area contributed by atoms with Crippen molar-refractivity contribution in [3.8, 4) is 11.1 Å². The second kappa shape index (κ2) is 7.62. The first kappa shape index (κ1) is 17.4. The number of rotatable bonds is 8. The van der Waals surface area contributed by atoms with Gasteiger partial charge in [0.15, 0.2) is 0 Å². The Hall–Kier alpha value is -1.46. The van der Waals surface area contributed by atoms with Crippen molar-refractivity contribution < 1.29 is 8.85 Å². The van der Waals surface area contributed by atoms with Crippen molar-refractivity contribution in [2.24, 2.45) is 5.73 Å². The summed E-state index contributed by atoms with van der Waals surface area (Å²) in [4.78, 5) is 0. The number of nitrogens with two attached hydrogens (primary N) is 1. The fourth-order valence-corrected chi connectivity index (χ4v) is 7.38. The van der Waals surface area contributed by atoms with Crippen LogP contribution in [0.5, 0.6) is 0 Å². The van der Waals surface area contributed by atoms with Crippen molar-refractivity contribution in [1.29, 1.82) is 0 Å². The molecule has 0 saturated heterocycles. The highest BCUT2D eigenvalue weighted by Crippen LogP contribution is 2.36. The van der Waals surface area contributed by atoms with Crippen molar-refractivity contribution in [2.45, 2.75) is 32.7 Å². The average Bonchev–Trinajstić information content (AvgIpc) is 2.99. The Bertz CT molecular complexity index is 696. The van der Waals surface area contributed by atoms with Gasteiger partial charge in [0.2, 0.25) is 0 Å². The van der Waals surface area contributed by atoms with Crippen molar-refractivity contribution in [3.05, 3.63) is 53.6 Å². The van der Waals surface area contributed by atoms with E-state index in [-0.39, 0.29) is 0 Å². The molecule has 128 valence electrons. The molecule has 0 spiro atoms. The van der Waals surface area contributed by atoms with Crippen LogP contribution in [-0.4, -0.2) is 28.3 Å². The second-order valence-electron chi connectivity index (χ2n) is 6.18. The SMILES string of the molecule is CCO[Si](CCCN)(OCC)c1cccc2c1Cc1ccccc1-2. The lowest BCUT2D eigenvalue weighted by atomic mass is 10.1. The molecule has 0 radical (unpaired) electrons. The third kappa shape index (κ3) is 3.07. The molecule has 4 heteroatoms. The predicted molar refractivity (Wildman–Crippen MR) is 102 cm³/mol. The van der Waals surface area contributed by atoms with Crippen LogP contribution in [0.25, 0.3) is 11.1 Å². The van der Waals surface area contributed by atoms with E-state index in [2.05, 4.69) is 56.3 Å². The van der Waals surface area contributed by atoms with E-state index in [0.29, 0.717) is 19.8 Å². The monoisotopic (exact) mass is 341 g/mol. The minimum atomic E-state index is -2.47. The van der Waals surface area contributed by atoms with Crippen LogP contribution in [0.1, 0.15) is 31.4 Å². The Morgan fingerprint density at radius 2 is 1.67 bits per heavy atom. The Morgan fingerprint density at radius 1 is 0.958 bits per heavy atom. The molecule has 24 heavy (non-hydrogen) atoms. The Labute approximate surface area is 146 Å². The zero-order valence-electron chi connectivity index (χ0n) is 14.7. The highest BCUT2D eigenvalue weighted by molar-refractivity contribution is 6.81. The number of hydrogen-bond acceptors (Lipinski definition) is 3. The van der Waals surface area contributed by atoms with Crippen molar-refractivity contribution in [2.75, 3.05) is 19.8 Å². The topological polar surface area (TPSA) is 44.5 Å². The summed E-state index contributed by atoms with van der Waals surface area (Å²) in [5.41, 5.74) is 11.3. The van der Waals surface area contributed by atoms with Crippen LogP contribution in [0, 0.1) is 0 Å². The molecule has 3 nitrogen and oxygen atoms in total. The number of fused-ring (bicyclic) bond motifs is 3. The van der Waals surface area contributed by atoms with Crippen LogP contribution in [0.4, 0.5) is 0 Å². The first-order valence-electron chi connectivity index (χ1n) is 8.94. The largest absolute Gasteiger partial charge is 0.391 e. The van der Waals surface area contributed by atoms with Crippen LogP contribution in [0.2, 0.25) is 6.04 Å². The van der Waals surface area contributed by atoms with Crippen LogP contribution in [-0.2, 0) is 15.3 Å². The minimum absolute atomic E-state index is 0.671. The van der Waals surface area contributed by atoms with E-state index >= 15 is 0 Å². The van der Waals surface area contributed by atoms with Gasteiger partial charge >= 0.3 is 8.56 Å². The summed E-state index contributed by atoms with van der Waals surface area (Å²) in [5, 5.41) is 1.30. The normalized spacial score (nSPS) is 13.0. The summed E-state index contributed by atoms with van der Waals surface area (Å²) in [6.45, 7) is 6.13. The maximum absolute atomic E-state index is 6.34. The van der Waals surface area contributed by atoms with Crippen LogP contribution in [0.3, 0.4) is 0 Å². The van der Waals surface area contributed by atoms with Crippen molar-refractivity contribution in [3.63, 3.8) is 0 Å². The summed E-state index contributed by atoms with van der Waals surface area (Å²) < 4.78 is 12.7. The minimum Gasteiger partial charge on any atom is -0.391 e. The standard InChI is InChI=1S/C20H27NO2Si/c1-3-22-24(23-4-2,14-8-13-21)20-12-7-11-18-17-10-6-5-9-16(17)15-19(18)20/h5-7,9-12H,3-4,8,13-15,21H2,1-2H3. The molecule has 3 rings (SSSR count). The molecule has 0 fully saturated rings. The Kier molecular flexibility index (Phi) is 5.51. The first-order chi connectivity index (χ1) is 11.8. The van der Waals surface area contributed by atoms with Gasteiger partial charge in [-0.2, -0.15) is 0 Å². The van der Waals surface area contributed by atoms with Gasteiger partial charge in [0.05, 0.1) is 0 Å². The first-order valence-corrected chi connectivity index (χ1v) is 11.0. The van der Waals surface area contributed by atoms with E-state index in [1.54, 1.807) is 0 Å². The van der Waals surface area contributed by atoms with E-state index in [4.69, 9.17) is 14.6 Å². The van der Waals surface area contributed by atoms with Crippen LogP contribution in [0.15, 0.2) is 42.5 Å². The summed E-state index contributed by atoms with van der Waals surface area (Å²) in [7, 11) is -2.47. The molecule has 0 aliphatic heterocycles. The molecule has 2 aromatic rings. The van der Waals surface area contributed by atoms with Gasteiger partial charge in [0.1, 0.15) is 0 Å². The molecule has 1 aliphatic rings. The molecular weight excluding hydrogens is 314 g/mol. The smallest absolute Gasteiger partial charge is 0.372 e. The zero-order chi connectivity index (χ0) is 17.0.